The zero-order valence-corrected chi connectivity index (χ0v) is 15.1. The molecule has 0 saturated carbocycles. The monoisotopic (exact) mass is 354 g/mol. The first-order valence-electron chi connectivity index (χ1n) is 8.42. The van der Waals surface area contributed by atoms with Crippen LogP contribution in [0.2, 0.25) is 0 Å². The Hall–Kier alpha value is -2.86. The zero-order chi connectivity index (χ0) is 18.7. The minimum Gasteiger partial charge on any atom is -0.460 e. The minimum absolute atomic E-state index is 0.161. The van der Waals surface area contributed by atoms with Gasteiger partial charge in [-0.25, -0.2) is 9.59 Å². The Labute approximate surface area is 152 Å². The van der Waals surface area contributed by atoms with Crippen molar-refractivity contribution in [1.82, 2.24) is 10.2 Å². The molecule has 0 spiro atoms. The molecule has 0 bridgehead atoms. The lowest BCUT2D eigenvalue weighted by Gasteiger charge is -2.33. The lowest BCUT2D eigenvalue weighted by atomic mass is 9.93. The number of nitrogens with one attached hydrogen (secondary N) is 1. The van der Waals surface area contributed by atoms with Crippen LogP contribution in [0.5, 0.6) is 0 Å². The first kappa shape index (κ1) is 17.9. The van der Waals surface area contributed by atoms with E-state index < -0.39 is 12.0 Å². The van der Waals surface area contributed by atoms with E-state index in [1.165, 1.54) is 4.90 Å². The molecule has 2 aromatic rings. The van der Waals surface area contributed by atoms with Crippen LogP contribution in [0.4, 0.5) is 4.79 Å². The maximum Gasteiger partial charge on any atom is 0.338 e. The minimum atomic E-state index is -0.557. The molecule has 3 rings (SSSR count). The molecular formula is C20H22N2O4. The maximum absolute atomic E-state index is 12.7. The van der Waals surface area contributed by atoms with Gasteiger partial charge < -0.3 is 19.7 Å². The molecule has 1 aliphatic heterocycles. The van der Waals surface area contributed by atoms with Crippen molar-refractivity contribution in [3.05, 3.63) is 59.3 Å². The van der Waals surface area contributed by atoms with Crippen molar-refractivity contribution in [3.8, 4) is 0 Å². The summed E-state index contributed by atoms with van der Waals surface area (Å²) in [5.74, 6) is -0.454. The van der Waals surface area contributed by atoms with Crippen LogP contribution in [-0.4, -0.2) is 44.3 Å². The topological polar surface area (TPSA) is 67.9 Å². The highest BCUT2D eigenvalue weighted by Crippen LogP contribution is 2.32. The predicted molar refractivity (Wildman–Crippen MR) is 98.5 cm³/mol. The molecule has 136 valence electrons. The number of hydrogen-bond acceptors (Lipinski definition) is 4. The number of methoxy groups -OCH3 is 1. The smallest absolute Gasteiger partial charge is 0.338 e. The summed E-state index contributed by atoms with van der Waals surface area (Å²) in [4.78, 5) is 26.4. The fourth-order valence-corrected chi connectivity index (χ4v) is 3.03. The van der Waals surface area contributed by atoms with Gasteiger partial charge in [0.15, 0.2) is 0 Å². The van der Waals surface area contributed by atoms with Crippen molar-refractivity contribution < 1.29 is 19.1 Å². The molecule has 2 amide bonds. The number of ether oxygens (including phenoxy) is 2. The maximum atomic E-state index is 12.7. The van der Waals surface area contributed by atoms with Crippen molar-refractivity contribution in [2.24, 2.45) is 0 Å². The second-order valence-electron chi connectivity index (χ2n) is 6.18. The van der Waals surface area contributed by atoms with Crippen LogP contribution in [-0.2, 0) is 14.3 Å². The molecule has 6 nitrogen and oxygen atoms in total. The highest BCUT2D eigenvalue weighted by Gasteiger charge is 2.35. The van der Waals surface area contributed by atoms with Gasteiger partial charge >= 0.3 is 12.0 Å². The van der Waals surface area contributed by atoms with E-state index in [0.29, 0.717) is 17.9 Å². The molecule has 6 heteroatoms. The Morgan fingerprint density at radius 1 is 1.15 bits per heavy atom. The summed E-state index contributed by atoms with van der Waals surface area (Å²) in [5.41, 5.74) is 1.84. The second kappa shape index (κ2) is 7.58. The fraction of sp³-hybridized carbons (Fsp3) is 0.300. The van der Waals surface area contributed by atoms with Gasteiger partial charge in [0.2, 0.25) is 0 Å². The van der Waals surface area contributed by atoms with E-state index in [4.69, 9.17) is 9.47 Å². The van der Waals surface area contributed by atoms with Crippen molar-refractivity contribution >= 4 is 22.8 Å². The lowest BCUT2D eigenvalue weighted by molar-refractivity contribution is -0.140. The lowest BCUT2D eigenvalue weighted by Crippen LogP contribution is -2.46. The molecule has 0 unspecified atom stereocenters. The number of carbonyl (C=O) groups is 2. The molecule has 1 atom stereocenters. The van der Waals surface area contributed by atoms with Crippen molar-refractivity contribution in [3.63, 3.8) is 0 Å². The van der Waals surface area contributed by atoms with Crippen molar-refractivity contribution in [1.29, 1.82) is 0 Å². The van der Waals surface area contributed by atoms with Gasteiger partial charge in [-0.15, -0.1) is 0 Å². The number of fused-ring (bicyclic) bond motifs is 1. The highest BCUT2D eigenvalue weighted by atomic mass is 16.6. The zero-order valence-electron chi connectivity index (χ0n) is 15.1. The van der Waals surface area contributed by atoms with Crippen molar-refractivity contribution in [2.75, 3.05) is 27.4 Å². The quantitative estimate of drug-likeness (QED) is 0.662. The molecule has 0 aromatic heterocycles. The van der Waals surface area contributed by atoms with Gasteiger partial charge in [0.1, 0.15) is 6.61 Å². The number of hydrogen-bond donors (Lipinski definition) is 1. The van der Waals surface area contributed by atoms with Crippen LogP contribution in [0.15, 0.2) is 53.7 Å². The summed E-state index contributed by atoms with van der Waals surface area (Å²) in [6, 6.07) is 13.0. The molecule has 0 aliphatic carbocycles. The SMILES string of the molecule is COCCOC(=O)C1=C(C)N(C)C(=O)N[C@H]1c1ccc2ccccc2c1. The summed E-state index contributed by atoms with van der Waals surface area (Å²) in [7, 11) is 3.18. The van der Waals surface area contributed by atoms with Gasteiger partial charge in [0.05, 0.1) is 18.2 Å². The normalized spacial score (nSPS) is 17.4. The van der Waals surface area contributed by atoms with Gasteiger partial charge in [0, 0.05) is 19.9 Å². The largest absolute Gasteiger partial charge is 0.460 e. The van der Waals surface area contributed by atoms with E-state index in [9.17, 15) is 9.59 Å². The van der Waals surface area contributed by atoms with Gasteiger partial charge in [-0.3, -0.25) is 0 Å². The van der Waals surface area contributed by atoms with Crippen LogP contribution in [0.25, 0.3) is 10.8 Å². The van der Waals surface area contributed by atoms with E-state index in [1.807, 2.05) is 42.5 Å². The number of urea groups is 1. The molecule has 26 heavy (non-hydrogen) atoms. The van der Waals surface area contributed by atoms with Gasteiger partial charge in [0.25, 0.3) is 0 Å². The van der Waals surface area contributed by atoms with Crippen LogP contribution < -0.4 is 5.32 Å². The third-order valence-electron chi connectivity index (χ3n) is 4.60. The molecule has 1 heterocycles. The first-order valence-corrected chi connectivity index (χ1v) is 8.42. The Kier molecular flexibility index (Phi) is 5.23. The van der Waals surface area contributed by atoms with Gasteiger partial charge in [-0.1, -0.05) is 36.4 Å². The number of esters is 1. The Morgan fingerprint density at radius 2 is 1.88 bits per heavy atom. The third kappa shape index (κ3) is 3.41. The molecular weight excluding hydrogens is 332 g/mol. The average molecular weight is 354 g/mol. The standard InChI is InChI=1S/C20H22N2O4/c1-13-17(19(23)26-11-10-25-3)18(21-20(24)22(13)2)16-9-8-14-6-4-5-7-15(14)12-16/h4-9,12,18H,10-11H2,1-3H3,(H,21,24)/t18-/m0/s1. The Bertz CT molecular complexity index is 875. The number of carbonyl (C=O) groups excluding carboxylic acids is 2. The number of benzene rings is 2. The Balaban J connectivity index is 2.00. The summed E-state index contributed by atoms with van der Waals surface area (Å²) in [6.45, 7) is 2.23. The van der Waals surface area contributed by atoms with Crippen LogP contribution >= 0.6 is 0 Å². The van der Waals surface area contributed by atoms with E-state index in [1.54, 1.807) is 21.1 Å². The molecule has 0 radical (unpaired) electrons. The van der Waals surface area contributed by atoms with Crippen molar-refractivity contribution in [2.45, 2.75) is 13.0 Å². The number of amides is 2. The van der Waals surface area contributed by atoms with Crippen LogP contribution in [0, 0.1) is 0 Å². The molecule has 2 aromatic carbocycles. The summed E-state index contributed by atoms with van der Waals surface area (Å²) < 4.78 is 10.2. The third-order valence-corrected chi connectivity index (χ3v) is 4.60. The molecule has 0 fully saturated rings. The number of nitrogens with zero attached hydrogens (tertiary/aromatic N) is 1. The van der Waals surface area contributed by atoms with Crippen LogP contribution in [0.1, 0.15) is 18.5 Å². The number of allylic oxidation sites excluding steroid dienone is 1. The van der Waals surface area contributed by atoms with Gasteiger partial charge in [-0.2, -0.15) is 0 Å². The molecule has 1 aliphatic rings. The summed E-state index contributed by atoms with van der Waals surface area (Å²) in [6.07, 6.45) is 0. The highest BCUT2D eigenvalue weighted by molar-refractivity contribution is 5.95. The van der Waals surface area contributed by atoms with E-state index >= 15 is 0 Å². The molecule has 0 saturated heterocycles. The summed E-state index contributed by atoms with van der Waals surface area (Å²) in [5, 5.41) is 5.04. The van der Waals surface area contributed by atoms with Crippen LogP contribution in [0.3, 0.4) is 0 Å². The van der Waals surface area contributed by atoms with E-state index in [0.717, 1.165) is 16.3 Å². The Morgan fingerprint density at radius 3 is 2.62 bits per heavy atom. The fourth-order valence-electron chi connectivity index (χ4n) is 3.03. The number of rotatable bonds is 5. The molecule has 1 N–H and O–H groups in total. The average Bonchev–Trinajstić information content (AvgIpc) is 2.65. The summed E-state index contributed by atoms with van der Waals surface area (Å²) >= 11 is 0. The first-order chi connectivity index (χ1) is 12.5. The predicted octanol–water partition coefficient (Wildman–Crippen LogP) is 3.00. The second-order valence-corrected chi connectivity index (χ2v) is 6.18. The van der Waals surface area contributed by atoms with E-state index in [-0.39, 0.29) is 12.6 Å². The van der Waals surface area contributed by atoms with E-state index in [2.05, 4.69) is 5.32 Å². The van der Waals surface area contributed by atoms with Gasteiger partial charge in [-0.05, 0) is 29.3 Å².